The van der Waals surface area contributed by atoms with Gasteiger partial charge in [-0.3, -0.25) is 0 Å². The number of benzene rings is 9. The highest BCUT2D eigenvalue weighted by Gasteiger charge is 2.53. The summed E-state index contributed by atoms with van der Waals surface area (Å²) in [6, 6.07) is 62.6. The quantitative estimate of drug-likeness (QED) is 0.148. The van der Waals surface area contributed by atoms with Gasteiger partial charge in [-0.05, 0) is 158 Å². The fourth-order valence-corrected chi connectivity index (χ4v) is 23.5. The van der Waals surface area contributed by atoms with Gasteiger partial charge in [0, 0.05) is 49.9 Å². The van der Waals surface area contributed by atoms with Crippen molar-refractivity contribution in [2.45, 2.75) is 0 Å². The molecule has 0 aliphatic carbocycles. The van der Waals surface area contributed by atoms with Crippen LogP contribution in [-0.4, -0.2) is 0 Å². The number of hydrogen-bond donors (Lipinski definition) is 0. The molecule has 3 aliphatic rings. The first-order valence-electron chi connectivity index (χ1n) is 22.7. The van der Waals surface area contributed by atoms with E-state index in [0.29, 0.717) is 33.4 Å². The van der Waals surface area contributed by atoms with Crippen LogP contribution in [0.15, 0.2) is 182 Å². The Morgan fingerprint density at radius 2 is 0.438 bits per heavy atom. The van der Waals surface area contributed by atoms with E-state index in [9.17, 15) is 31.6 Å². The van der Waals surface area contributed by atoms with Crippen molar-refractivity contribution in [3.8, 4) is 69.8 Å². The summed E-state index contributed by atoms with van der Waals surface area (Å²) in [7, 11) is 0. The molecule has 3 heterocycles. The molecule has 9 aromatic rings. The molecule has 0 aromatic heterocycles. The molecule has 0 fully saturated rings. The SMILES string of the molecule is N#Cc1ccc(-c2cc3c4c(c2)P(=S)(c2ccc(C#N)cc2)c2cc(-c5ccc(C#N)cc5)cc5c2N4c2c(cc(-c4ccc(C#N)cc4)cc2P5(=S)c2ccc(C#N)cc2)P3(=S)c2ccc(C#N)cc2)cc1. The zero-order chi connectivity index (χ0) is 50.4. The molecular weight excluding hydrogens is 1010 g/mol. The van der Waals surface area contributed by atoms with Crippen LogP contribution in [0.25, 0.3) is 33.4 Å². The van der Waals surface area contributed by atoms with E-state index in [1.807, 2.05) is 146 Å². The van der Waals surface area contributed by atoms with Crippen molar-refractivity contribution in [1.82, 2.24) is 0 Å². The molecular formula is C60H30N7P3S3. The topological polar surface area (TPSA) is 146 Å². The molecule has 338 valence electrons. The molecule has 73 heavy (non-hydrogen) atoms. The third kappa shape index (κ3) is 6.73. The molecule has 0 atom stereocenters. The molecule has 0 spiro atoms. The molecule has 9 aromatic carbocycles. The van der Waals surface area contributed by atoms with Gasteiger partial charge in [-0.1, -0.05) is 108 Å². The average molecular weight is 1040 g/mol. The molecule has 0 bridgehead atoms. The van der Waals surface area contributed by atoms with Crippen molar-refractivity contribution in [2.75, 3.05) is 4.90 Å². The van der Waals surface area contributed by atoms with E-state index in [4.69, 9.17) is 35.4 Å². The van der Waals surface area contributed by atoms with Crippen LogP contribution in [0.4, 0.5) is 17.1 Å². The smallest absolute Gasteiger partial charge is 0.0991 e. The Morgan fingerprint density at radius 3 is 0.616 bits per heavy atom. The molecule has 0 amide bonds. The van der Waals surface area contributed by atoms with Crippen molar-refractivity contribution in [3.63, 3.8) is 0 Å². The van der Waals surface area contributed by atoms with Crippen LogP contribution in [0.5, 0.6) is 0 Å². The lowest BCUT2D eigenvalue weighted by Crippen LogP contribution is -2.52. The first kappa shape index (κ1) is 45.8. The number of nitriles is 6. The predicted molar refractivity (Wildman–Crippen MR) is 305 cm³/mol. The minimum Gasteiger partial charge on any atom is -0.306 e. The lowest BCUT2D eigenvalue weighted by atomic mass is 10.00. The molecule has 0 radical (unpaired) electrons. The number of rotatable bonds is 6. The molecule has 12 rings (SSSR count). The molecule has 0 saturated heterocycles. The summed E-state index contributed by atoms with van der Waals surface area (Å²) in [4.78, 5) is 2.38. The highest BCUT2D eigenvalue weighted by molar-refractivity contribution is 8.28. The zero-order valence-electron chi connectivity index (χ0n) is 38.0. The van der Waals surface area contributed by atoms with Gasteiger partial charge >= 0.3 is 0 Å². The summed E-state index contributed by atoms with van der Waals surface area (Å²) in [6.45, 7) is 0. The summed E-state index contributed by atoms with van der Waals surface area (Å²) in [5.41, 5.74) is 10.9. The second-order valence-corrected chi connectivity index (χ2v) is 30.8. The lowest BCUT2D eigenvalue weighted by molar-refractivity contribution is 1.33. The van der Waals surface area contributed by atoms with E-state index in [1.165, 1.54) is 0 Å². The fraction of sp³-hybridized carbons (Fsp3) is 0. The molecule has 3 aliphatic heterocycles. The van der Waals surface area contributed by atoms with Gasteiger partial charge in [-0.2, -0.15) is 31.6 Å². The Bertz CT molecular complexity index is 3800. The summed E-state index contributed by atoms with van der Waals surface area (Å²) in [5.74, 6) is 0. The normalized spacial score (nSPS) is 18.1. The van der Waals surface area contributed by atoms with E-state index >= 15 is 0 Å². The van der Waals surface area contributed by atoms with E-state index in [2.05, 4.69) is 77.7 Å². The minimum atomic E-state index is -3.23. The van der Waals surface area contributed by atoms with Crippen LogP contribution < -0.4 is 52.6 Å². The number of anilines is 3. The van der Waals surface area contributed by atoms with Crippen molar-refractivity contribution >= 4 is 118 Å². The second kappa shape index (κ2) is 17.2. The van der Waals surface area contributed by atoms with Crippen LogP contribution in [0, 0.1) is 68.0 Å². The lowest BCUT2D eigenvalue weighted by Gasteiger charge is -2.52. The van der Waals surface area contributed by atoms with Gasteiger partial charge in [-0.15, -0.1) is 0 Å². The fourth-order valence-electron chi connectivity index (χ4n) is 10.4. The third-order valence-electron chi connectivity index (χ3n) is 14.0. The largest absolute Gasteiger partial charge is 0.306 e. The van der Waals surface area contributed by atoms with Crippen LogP contribution in [0.3, 0.4) is 0 Å². The van der Waals surface area contributed by atoms with Gasteiger partial charge in [0.05, 0.1) is 86.9 Å². The van der Waals surface area contributed by atoms with Gasteiger partial charge in [0.1, 0.15) is 0 Å². The maximum Gasteiger partial charge on any atom is 0.0991 e. The Balaban J connectivity index is 1.32. The predicted octanol–water partition coefficient (Wildman–Crippen LogP) is 9.60. The number of nitrogens with zero attached hydrogens (tertiary/aromatic N) is 7. The summed E-state index contributed by atoms with van der Waals surface area (Å²) >= 11 is 22.5. The Kier molecular flexibility index (Phi) is 10.8. The summed E-state index contributed by atoms with van der Waals surface area (Å²) < 4.78 is 0. The van der Waals surface area contributed by atoms with Crippen LogP contribution in [-0.2, 0) is 35.4 Å². The van der Waals surface area contributed by atoms with Crippen molar-refractivity contribution in [2.24, 2.45) is 0 Å². The molecule has 0 saturated carbocycles. The van der Waals surface area contributed by atoms with Gasteiger partial charge in [0.2, 0.25) is 0 Å². The first-order chi connectivity index (χ1) is 35.5. The first-order valence-corrected chi connectivity index (χ1v) is 31.1. The Hall–Kier alpha value is -8.33. The maximum absolute atomic E-state index is 10.1. The zero-order valence-corrected chi connectivity index (χ0v) is 43.2. The molecule has 0 N–H and O–H groups in total. The van der Waals surface area contributed by atoms with Gasteiger partial charge in [0.25, 0.3) is 0 Å². The summed E-state index contributed by atoms with van der Waals surface area (Å²) in [6.07, 6.45) is 0. The van der Waals surface area contributed by atoms with E-state index in [0.717, 1.165) is 98.2 Å². The maximum atomic E-state index is 10.1. The third-order valence-corrected chi connectivity index (χ3v) is 28.7. The highest BCUT2D eigenvalue weighted by Crippen LogP contribution is 2.66. The van der Waals surface area contributed by atoms with Gasteiger partial charge in [-0.25, -0.2) is 0 Å². The van der Waals surface area contributed by atoms with Crippen LogP contribution >= 0.6 is 18.1 Å². The van der Waals surface area contributed by atoms with Crippen LogP contribution in [0.1, 0.15) is 33.4 Å². The second-order valence-electron chi connectivity index (χ2n) is 17.8. The van der Waals surface area contributed by atoms with Gasteiger partial charge in [0.15, 0.2) is 0 Å². The minimum absolute atomic E-state index is 0.495. The van der Waals surface area contributed by atoms with Crippen LogP contribution in [0.2, 0.25) is 0 Å². The highest BCUT2D eigenvalue weighted by atomic mass is 32.4. The van der Waals surface area contributed by atoms with E-state index < -0.39 is 18.1 Å². The van der Waals surface area contributed by atoms with Crippen molar-refractivity contribution < 1.29 is 0 Å². The van der Waals surface area contributed by atoms with Gasteiger partial charge < -0.3 is 4.90 Å². The molecule has 0 unspecified atom stereocenters. The Morgan fingerprint density at radius 1 is 0.260 bits per heavy atom. The van der Waals surface area contributed by atoms with E-state index in [1.54, 1.807) is 0 Å². The summed E-state index contributed by atoms with van der Waals surface area (Å²) in [5, 5.41) is 68.0. The number of hydrogen-bond acceptors (Lipinski definition) is 10. The Labute approximate surface area is 437 Å². The molecule has 13 heteroatoms. The van der Waals surface area contributed by atoms with E-state index in [-0.39, 0.29) is 0 Å². The monoisotopic (exact) mass is 1040 g/mol. The van der Waals surface area contributed by atoms with Crippen molar-refractivity contribution in [3.05, 3.63) is 215 Å². The standard InChI is InChI=1S/C60H30N7P3S3/c61-31-37-1-13-43(14-2-37)46-25-52-58-53(26-46)69(72,50-21-9-41(35-65)10-22-50)55-28-48(45-17-5-39(33-63)6-18-45)30-57-60(55)67(58)59-54(68(52,71)49-19-7-40(34-64)8-20-49)27-47(44-15-3-38(32-62)4-16-44)29-56(59)70(57,73)51-23-11-42(36-66)12-24-51/h1-30H. The van der Waals surface area contributed by atoms with Crippen molar-refractivity contribution in [1.29, 1.82) is 31.6 Å². The molecule has 7 nitrogen and oxygen atoms in total. The average Bonchev–Trinajstić information content (AvgIpc) is 3.47.